The molecule has 1 aromatic rings. The SMILES string of the molecule is CCNCCOC(=O)C(I)c1ccccc1. The Labute approximate surface area is 110 Å². The van der Waals surface area contributed by atoms with Crippen LogP contribution >= 0.6 is 22.6 Å². The lowest BCUT2D eigenvalue weighted by Crippen LogP contribution is -2.22. The van der Waals surface area contributed by atoms with Crippen LogP contribution < -0.4 is 5.32 Å². The first kappa shape index (κ1) is 13.4. The van der Waals surface area contributed by atoms with Gasteiger partial charge < -0.3 is 10.1 Å². The van der Waals surface area contributed by atoms with Crippen LogP contribution in [0.3, 0.4) is 0 Å². The molecule has 0 spiro atoms. The first-order chi connectivity index (χ1) is 7.75. The standard InChI is InChI=1S/C12H16INO2/c1-2-14-8-9-16-12(15)11(13)10-6-4-3-5-7-10/h3-7,11,14H,2,8-9H2,1H3. The van der Waals surface area contributed by atoms with Crippen LogP contribution in [0.5, 0.6) is 0 Å². The molecule has 1 rings (SSSR count). The van der Waals surface area contributed by atoms with E-state index in [0.717, 1.165) is 12.1 Å². The molecule has 1 atom stereocenters. The lowest BCUT2D eigenvalue weighted by molar-refractivity contribution is -0.142. The first-order valence-electron chi connectivity index (χ1n) is 5.32. The largest absolute Gasteiger partial charge is 0.463 e. The Balaban J connectivity index is 2.37. The third-order valence-electron chi connectivity index (χ3n) is 2.07. The van der Waals surface area contributed by atoms with Crippen molar-refractivity contribution in [2.75, 3.05) is 19.7 Å². The quantitative estimate of drug-likeness (QED) is 0.376. The number of alkyl halides is 1. The number of carbonyl (C=O) groups is 1. The Morgan fingerprint density at radius 3 is 2.75 bits per heavy atom. The average molecular weight is 333 g/mol. The van der Waals surface area contributed by atoms with Crippen molar-refractivity contribution >= 4 is 28.6 Å². The van der Waals surface area contributed by atoms with Crippen LogP contribution in [0, 0.1) is 0 Å². The van der Waals surface area contributed by atoms with Crippen LogP contribution in [-0.4, -0.2) is 25.7 Å². The highest BCUT2D eigenvalue weighted by Crippen LogP contribution is 2.24. The van der Waals surface area contributed by atoms with E-state index in [0.29, 0.717) is 13.2 Å². The molecule has 1 aromatic carbocycles. The summed E-state index contributed by atoms with van der Waals surface area (Å²) < 4.78 is 4.93. The van der Waals surface area contributed by atoms with Gasteiger partial charge in [-0.3, -0.25) is 4.79 Å². The molecule has 0 aliphatic carbocycles. The third kappa shape index (κ3) is 4.49. The second kappa shape index (κ2) is 7.62. The summed E-state index contributed by atoms with van der Waals surface area (Å²) in [6.07, 6.45) is 0. The van der Waals surface area contributed by atoms with Gasteiger partial charge in [-0.25, -0.2) is 0 Å². The second-order valence-electron chi connectivity index (χ2n) is 3.29. The van der Waals surface area contributed by atoms with Gasteiger partial charge in [-0.15, -0.1) is 0 Å². The highest BCUT2D eigenvalue weighted by molar-refractivity contribution is 14.1. The molecule has 4 heteroatoms. The average Bonchev–Trinajstić information content (AvgIpc) is 2.34. The number of hydrogen-bond acceptors (Lipinski definition) is 3. The van der Waals surface area contributed by atoms with Crippen molar-refractivity contribution in [2.45, 2.75) is 10.8 Å². The summed E-state index contributed by atoms with van der Waals surface area (Å²) in [5.74, 6) is -0.176. The molecule has 0 aliphatic rings. The van der Waals surface area contributed by atoms with E-state index in [2.05, 4.69) is 27.9 Å². The molecule has 3 nitrogen and oxygen atoms in total. The fourth-order valence-corrected chi connectivity index (χ4v) is 1.83. The zero-order chi connectivity index (χ0) is 11.8. The van der Waals surface area contributed by atoms with Crippen LogP contribution in [-0.2, 0) is 9.53 Å². The molecule has 0 aliphatic heterocycles. The molecular weight excluding hydrogens is 317 g/mol. The van der Waals surface area contributed by atoms with Crippen molar-refractivity contribution in [3.8, 4) is 0 Å². The predicted molar refractivity (Wildman–Crippen MR) is 72.7 cm³/mol. The molecule has 0 amide bonds. The number of hydrogen-bond donors (Lipinski definition) is 1. The van der Waals surface area contributed by atoms with E-state index in [4.69, 9.17) is 4.74 Å². The van der Waals surface area contributed by atoms with E-state index in [1.807, 2.05) is 37.3 Å². The van der Waals surface area contributed by atoms with Crippen molar-refractivity contribution in [1.82, 2.24) is 5.32 Å². The highest BCUT2D eigenvalue weighted by atomic mass is 127. The maximum Gasteiger partial charge on any atom is 0.323 e. The molecule has 1 N–H and O–H groups in total. The van der Waals surface area contributed by atoms with Crippen LogP contribution in [0.1, 0.15) is 16.4 Å². The van der Waals surface area contributed by atoms with Gasteiger partial charge in [0.2, 0.25) is 0 Å². The third-order valence-corrected chi connectivity index (χ3v) is 3.30. The van der Waals surface area contributed by atoms with Gasteiger partial charge in [0.25, 0.3) is 0 Å². The van der Waals surface area contributed by atoms with E-state index in [9.17, 15) is 4.79 Å². The molecule has 1 unspecified atom stereocenters. The Morgan fingerprint density at radius 1 is 1.44 bits per heavy atom. The first-order valence-corrected chi connectivity index (χ1v) is 6.56. The molecule has 88 valence electrons. The fourth-order valence-electron chi connectivity index (χ4n) is 1.23. The summed E-state index contributed by atoms with van der Waals surface area (Å²) in [5.41, 5.74) is 0.983. The Bertz CT molecular complexity index is 316. The van der Waals surface area contributed by atoms with Gasteiger partial charge in [0.1, 0.15) is 10.5 Å². The summed E-state index contributed by atoms with van der Waals surface area (Å²) in [6.45, 7) is 4.05. The van der Waals surface area contributed by atoms with Crippen LogP contribution in [0.2, 0.25) is 0 Å². The fraction of sp³-hybridized carbons (Fsp3) is 0.417. The Hall–Kier alpha value is -0.620. The second-order valence-corrected chi connectivity index (χ2v) is 4.54. The van der Waals surface area contributed by atoms with E-state index in [1.165, 1.54) is 0 Å². The number of benzene rings is 1. The lowest BCUT2D eigenvalue weighted by atomic mass is 10.2. The molecule has 0 saturated heterocycles. The number of esters is 1. The summed E-state index contributed by atoms with van der Waals surface area (Å²) >= 11 is 2.10. The summed E-state index contributed by atoms with van der Waals surface area (Å²) in [5, 5.41) is 3.10. The highest BCUT2D eigenvalue weighted by Gasteiger charge is 2.17. The zero-order valence-electron chi connectivity index (χ0n) is 9.28. The number of halogens is 1. The van der Waals surface area contributed by atoms with E-state index in [1.54, 1.807) is 0 Å². The van der Waals surface area contributed by atoms with Crippen molar-refractivity contribution in [3.05, 3.63) is 35.9 Å². The summed E-state index contributed by atoms with van der Waals surface area (Å²) in [6, 6.07) is 9.65. The molecule has 0 fully saturated rings. The van der Waals surface area contributed by atoms with Crippen LogP contribution in [0.4, 0.5) is 0 Å². The number of ether oxygens (including phenoxy) is 1. The van der Waals surface area contributed by atoms with Gasteiger partial charge in [0.05, 0.1) is 0 Å². The van der Waals surface area contributed by atoms with Crippen LogP contribution in [0.15, 0.2) is 30.3 Å². The molecule has 0 saturated carbocycles. The zero-order valence-corrected chi connectivity index (χ0v) is 11.4. The van der Waals surface area contributed by atoms with Gasteiger partial charge >= 0.3 is 5.97 Å². The van der Waals surface area contributed by atoms with Gasteiger partial charge in [-0.1, -0.05) is 59.8 Å². The van der Waals surface area contributed by atoms with Crippen molar-refractivity contribution < 1.29 is 9.53 Å². The summed E-state index contributed by atoms with van der Waals surface area (Å²) in [4.78, 5) is 11.6. The number of nitrogens with one attached hydrogen (secondary N) is 1. The maximum atomic E-state index is 11.6. The molecule has 0 bridgehead atoms. The Kier molecular flexibility index (Phi) is 6.40. The normalized spacial score (nSPS) is 12.1. The van der Waals surface area contributed by atoms with Crippen molar-refractivity contribution in [2.24, 2.45) is 0 Å². The summed E-state index contributed by atoms with van der Waals surface area (Å²) in [7, 11) is 0. The van der Waals surface area contributed by atoms with Gasteiger partial charge in [-0.2, -0.15) is 0 Å². The minimum absolute atomic E-state index is 0.176. The molecule has 16 heavy (non-hydrogen) atoms. The number of rotatable bonds is 6. The molecule has 0 heterocycles. The minimum atomic E-state index is -0.222. The Morgan fingerprint density at radius 2 is 2.12 bits per heavy atom. The molecule has 0 aromatic heterocycles. The molecule has 0 radical (unpaired) electrons. The van der Waals surface area contributed by atoms with Crippen molar-refractivity contribution in [3.63, 3.8) is 0 Å². The van der Waals surface area contributed by atoms with Crippen molar-refractivity contribution in [1.29, 1.82) is 0 Å². The number of likely N-dealkylation sites (N-methyl/N-ethyl adjacent to an activating group) is 1. The van der Waals surface area contributed by atoms with Crippen LogP contribution in [0.25, 0.3) is 0 Å². The lowest BCUT2D eigenvalue weighted by Gasteiger charge is -2.10. The monoisotopic (exact) mass is 333 g/mol. The van der Waals surface area contributed by atoms with Gasteiger partial charge in [0.15, 0.2) is 0 Å². The number of carbonyl (C=O) groups excluding carboxylic acids is 1. The maximum absolute atomic E-state index is 11.6. The molecular formula is C12H16INO2. The topological polar surface area (TPSA) is 38.3 Å². The predicted octanol–water partition coefficient (Wildman–Crippen LogP) is 2.32. The smallest absolute Gasteiger partial charge is 0.323 e. The van der Waals surface area contributed by atoms with E-state index in [-0.39, 0.29) is 9.89 Å². The van der Waals surface area contributed by atoms with Gasteiger partial charge in [-0.05, 0) is 12.1 Å². The van der Waals surface area contributed by atoms with Gasteiger partial charge in [0, 0.05) is 6.54 Å². The minimum Gasteiger partial charge on any atom is -0.463 e. The van der Waals surface area contributed by atoms with E-state index >= 15 is 0 Å². The van der Waals surface area contributed by atoms with E-state index < -0.39 is 0 Å².